The van der Waals surface area contributed by atoms with Gasteiger partial charge in [0.15, 0.2) is 5.76 Å². The van der Waals surface area contributed by atoms with Crippen LogP contribution in [0.1, 0.15) is 21.9 Å². The summed E-state index contributed by atoms with van der Waals surface area (Å²) in [5, 5.41) is 8.94. The van der Waals surface area contributed by atoms with Gasteiger partial charge in [-0.3, -0.25) is 4.79 Å². The summed E-state index contributed by atoms with van der Waals surface area (Å²) in [4.78, 5) is 14.9. The molecular formula is C15H17NO3S. The minimum atomic E-state index is -0.202. The Hall–Kier alpha value is -1.72. The number of thioether (sulfide) groups is 1. The van der Waals surface area contributed by atoms with Crippen molar-refractivity contribution < 1.29 is 14.3 Å². The van der Waals surface area contributed by atoms with Gasteiger partial charge < -0.3 is 14.4 Å². The highest BCUT2D eigenvalue weighted by molar-refractivity contribution is 7.98. The number of nitrogens with zero attached hydrogens (tertiary/aromatic N) is 1. The summed E-state index contributed by atoms with van der Waals surface area (Å²) in [5.74, 6) is 0.447. The molecule has 0 unspecified atom stereocenters. The summed E-state index contributed by atoms with van der Waals surface area (Å²) >= 11 is 1.67. The van der Waals surface area contributed by atoms with Gasteiger partial charge in [-0.05, 0) is 36.1 Å². The van der Waals surface area contributed by atoms with Crippen molar-refractivity contribution >= 4 is 17.7 Å². The number of amides is 1. The Labute approximate surface area is 122 Å². The van der Waals surface area contributed by atoms with E-state index < -0.39 is 0 Å². The smallest absolute Gasteiger partial charge is 0.289 e. The summed E-state index contributed by atoms with van der Waals surface area (Å²) in [7, 11) is 1.73. The molecule has 106 valence electrons. The Morgan fingerprint density at radius 2 is 2.15 bits per heavy atom. The van der Waals surface area contributed by atoms with Gasteiger partial charge in [0.25, 0.3) is 5.91 Å². The maximum absolute atomic E-state index is 12.2. The molecule has 1 aromatic heterocycles. The number of benzene rings is 1. The van der Waals surface area contributed by atoms with Crippen LogP contribution in [0.2, 0.25) is 0 Å². The first-order valence-electron chi connectivity index (χ1n) is 6.22. The normalized spacial score (nSPS) is 10.6. The molecule has 1 aromatic carbocycles. The van der Waals surface area contributed by atoms with Crippen LogP contribution in [0.4, 0.5) is 0 Å². The zero-order valence-corrected chi connectivity index (χ0v) is 12.3. The quantitative estimate of drug-likeness (QED) is 0.861. The number of hydrogen-bond donors (Lipinski definition) is 1. The second kappa shape index (κ2) is 6.63. The van der Waals surface area contributed by atoms with E-state index >= 15 is 0 Å². The fourth-order valence-electron chi connectivity index (χ4n) is 1.88. The molecule has 20 heavy (non-hydrogen) atoms. The van der Waals surface area contributed by atoms with Crippen LogP contribution >= 0.6 is 11.8 Å². The number of carbonyl (C=O) groups is 1. The van der Waals surface area contributed by atoms with Crippen LogP contribution < -0.4 is 0 Å². The molecule has 0 saturated heterocycles. The zero-order chi connectivity index (χ0) is 14.5. The summed E-state index contributed by atoms with van der Waals surface area (Å²) in [6.07, 6.45) is 2.02. The summed E-state index contributed by atoms with van der Waals surface area (Å²) in [6, 6.07) is 11.3. The Kier molecular flexibility index (Phi) is 4.87. The highest BCUT2D eigenvalue weighted by Gasteiger charge is 2.16. The highest BCUT2D eigenvalue weighted by atomic mass is 32.2. The third kappa shape index (κ3) is 3.43. The van der Waals surface area contributed by atoms with E-state index in [0.29, 0.717) is 12.3 Å². The summed E-state index contributed by atoms with van der Waals surface area (Å²) in [6.45, 7) is 0.315. The van der Waals surface area contributed by atoms with E-state index in [1.807, 2.05) is 24.5 Å². The lowest BCUT2D eigenvalue weighted by Gasteiger charge is -2.16. The topological polar surface area (TPSA) is 53.7 Å². The van der Waals surface area contributed by atoms with E-state index in [-0.39, 0.29) is 18.3 Å². The largest absolute Gasteiger partial charge is 0.453 e. The summed E-state index contributed by atoms with van der Waals surface area (Å²) < 4.78 is 5.25. The molecule has 0 aliphatic rings. The Morgan fingerprint density at radius 3 is 2.80 bits per heavy atom. The Morgan fingerprint density at radius 1 is 1.35 bits per heavy atom. The van der Waals surface area contributed by atoms with Crippen LogP contribution in [0, 0.1) is 0 Å². The van der Waals surface area contributed by atoms with Crippen molar-refractivity contribution in [3.63, 3.8) is 0 Å². The van der Waals surface area contributed by atoms with E-state index in [1.165, 1.54) is 4.90 Å². The third-order valence-electron chi connectivity index (χ3n) is 2.93. The number of carbonyl (C=O) groups excluding carboxylic acids is 1. The van der Waals surface area contributed by atoms with Gasteiger partial charge in [-0.25, -0.2) is 0 Å². The molecule has 0 spiro atoms. The Balaban J connectivity index is 2.06. The summed E-state index contributed by atoms with van der Waals surface area (Å²) in [5.41, 5.74) is 1.07. The predicted molar refractivity (Wildman–Crippen MR) is 78.7 cm³/mol. The maximum atomic E-state index is 12.2. The van der Waals surface area contributed by atoms with Crippen LogP contribution in [-0.2, 0) is 13.2 Å². The third-order valence-corrected chi connectivity index (χ3v) is 3.65. The fourth-order valence-corrected chi connectivity index (χ4v) is 2.37. The van der Waals surface area contributed by atoms with Gasteiger partial charge in [0.2, 0.25) is 0 Å². The van der Waals surface area contributed by atoms with E-state index in [9.17, 15) is 4.79 Å². The molecule has 1 heterocycles. The maximum Gasteiger partial charge on any atom is 0.289 e. The van der Waals surface area contributed by atoms with E-state index in [2.05, 4.69) is 6.07 Å². The number of furan rings is 1. The molecule has 4 nitrogen and oxygen atoms in total. The molecule has 2 aromatic rings. The average molecular weight is 291 g/mol. The van der Waals surface area contributed by atoms with E-state index in [4.69, 9.17) is 9.52 Å². The van der Waals surface area contributed by atoms with Gasteiger partial charge in [-0.1, -0.05) is 12.1 Å². The first kappa shape index (κ1) is 14.7. The molecule has 0 bridgehead atoms. The van der Waals surface area contributed by atoms with Gasteiger partial charge in [-0.2, -0.15) is 0 Å². The van der Waals surface area contributed by atoms with E-state index in [0.717, 1.165) is 5.56 Å². The van der Waals surface area contributed by atoms with Crippen molar-refractivity contribution in [1.29, 1.82) is 0 Å². The second-order valence-electron chi connectivity index (χ2n) is 4.44. The SMILES string of the molecule is CSc1cccc(CN(C)C(=O)c2ccc(CO)o2)c1. The molecular weight excluding hydrogens is 274 g/mol. The molecule has 0 aliphatic heterocycles. The van der Waals surface area contributed by atoms with Gasteiger partial charge in [0.1, 0.15) is 12.4 Å². The number of rotatable bonds is 5. The highest BCUT2D eigenvalue weighted by Crippen LogP contribution is 2.17. The monoisotopic (exact) mass is 291 g/mol. The molecule has 5 heteroatoms. The Bertz CT molecular complexity index is 594. The fraction of sp³-hybridized carbons (Fsp3) is 0.267. The lowest BCUT2D eigenvalue weighted by molar-refractivity contribution is 0.0748. The molecule has 1 N–H and O–H groups in total. The van der Waals surface area contributed by atoms with Crippen molar-refractivity contribution in [2.45, 2.75) is 18.0 Å². The van der Waals surface area contributed by atoms with Crippen molar-refractivity contribution in [2.75, 3.05) is 13.3 Å². The lowest BCUT2D eigenvalue weighted by Crippen LogP contribution is -2.25. The molecule has 0 atom stereocenters. The van der Waals surface area contributed by atoms with Crippen LogP contribution in [0.3, 0.4) is 0 Å². The van der Waals surface area contributed by atoms with E-state index in [1.54, 1.807) is 35.8 Å². The van der Waals surface area contributed by atoms with Gasteiger partial charge in [0, 0.05) is 18.5 Å². The van der Waals surface area contributed by atoms with Crippen LogP contribution in [0.25, 0.3) is 0 Å². The number of hydrogen-bond acceptors (Lipinski definition) is 4. The zero-order valence-electron chi connectivity index (χ0n) is 11.5. The standard InChI is InChI=1S/C15H17NO3S/c1-16(9-11-4-3-5-13(8-11)20-2)15(18)14-7-6-12(10-17)19-14/h3-8,17H,9-10H2,1-2H3. The molecule has 2 rings (SSSR count). The van der Waals surface area contributed by atoms with Crippen molar-refractivity contribution in [3.05, 3.63) is 53.5 Å². The lowest BCUT2D eigenvalue weighted by atomic mass is 10.2. The van der Waals surface area contributed by atoms with Crippen LogP contribution in [-0.4, -0.2) is 29.2 Å². The first-order chi connectivity index (χ1) is 9.63. The molecule has 0 fully saturated rings. The van der Waals surface area contributed by atoms with Crippen molar-refractivity contribution in [1.82, 2.24) is 4.90 Å². The second-order valence-corrected chi connectivity index (χ2v) is 5.32. The molecule has 0 radical (unpaired) electrons. The average Bonchev–Trinajstić information content (AvgIpc) is 2.95. The molecule has 0 aliphatic carbocycles. The van der Waals surface area contributed by atoms with Crippen molar-refractivity contribution in [2.24, 2.45) is 0 Å². The van der Waals surface area contributed by atoms with Gasteiger partial charge in [0.05, 0.1) is 0 Å². The molecule has 0 saturated carbocycles. The number of aliphatic hydroxyl groups excluding tert-OH is 1. The minimum Gasteiger partial charge on any atom is -0.453 e. The minimum absolute atomic E-state index is 0.195. The van der Waals surface area contributed by atoms with Gasteiger partial charge >= 0.3 is 0 Å². The molecule has 1 amide bonds. The first-order valence-corrected chi connectivity index (χ1v) is 7.44. The number of aliphatic hydroxyl groups is 1. The van der Waals surface area contributed by atoms with Gasteiger partial charge in [-0.15, -0.1) is 11.8 Å². The predicted octanol–water partition coefficient (Wildman–Crippen LogP) is 2.77. The van der Waals surface area contributed by atoms with Crippen molar-refractivity contribution in [3.8, 4) is 0 Å². The van der Waals surface area contributed by atoms with Crippen LogP contribution in [0.15, 0.2) is 45.7 Å². The van der Waals surface area contributed by atoms with Crippen LogP contribution in [0.5, 0.6) is 0 Å².